The average molecular weight is 479 g/mol. The van der Waals surface area contributed by atoms with E-state index >= 15 is 0 Å². The van der Waals surface area contributed by atoms with Gasteiger partial charge in [-0.2, -0.15) is 4.31 Å². The van der Waals surface area contributed by atoms with E-state index in [0.717, 1.165) is 5.56 Å². The normalized spacial score (nSPS) is 11.2. The number of sulfonamides is 1. The first kappa shape index (κ1) is 26.1. The fourth-order valence-electron chi connectivity index (χ4n) is 3.27. The largest absolute Gasteiger partial charge is 0.493 e. The quantitative estimate of drug-likeness (QED) is 0.494. The Balaban J connectivity index is 2.12. The fourth-order valence-corrected chi connectivity index (χ4v) is 4.73. The minimum absolute atomic E-state index is 0.122. The van der Waals surface area contributed by atoms with Crippen molar-refractivity contribution in [2.45, 2.75) is 31.6 Å². The first-order chi connectivity index (χ1) is 15.7. The number of hydrogen-bond acceptors (Lipinski definition) is 7. The van der Waals surface area contributed by atoms with Crippen molar-refractivity contribution in [3.63, 3.8) is 0 Å². The highest BCUT2D eigenvalue weighted by atomic mass is 32.2. The van der Waals surface area contributed by atoms with Gasteiger partial charge in [0.05, 0.1) is 37.5 Å². The number of ether oxygens (including phenoxy) is 3. The number of amides is 1. The van der Waals surface area contributed by atoms with Crippen LogP contribution in [-0.2, 0) is 26.0 Å². The van der Waals surface area contributed by atoms with Gasteiger partial charge >= 0.3 is 5.97 Å². The van der Waals surface area contributed by atoms with Crippen molar-refractivity contribution in [3.05, 3.63) is 47.5 Å². The summed E-state index contributed by atoms with van der Waals surface area (Å²) in [5.74, 6) is -0.274. The van der Waals surface area contributed by atoms with Crippen LogP contribution in [0.25, 0.3) is 0 Å². The molecule has 0 saturated heterocycles. The highest BCUT2D eigenvalue weighted by Crippen LogP contribution is 2.34. The average Bonchev–Trinajstić information content (AvgIpc) is 2.82. The summed E-state index contributed by atoms with van der Waals surface area (Å²) in [6.45, 7) is 4.37. The van der Waals surface area contributed by atoms with Crippen LogP contribution in [0.4, 0.5) is 5.69 Å². The Kier molecular flexibility index (Phi) is 9.24. The highest BCUT2D eigenvalue weighted by molar-refractivity contribution is 7.89. The first-order valence-corrected chi connectivity index (χ1v) is 11.9. The molecule has 0 bridgehead atoms. The van der Waals surface area contributed by atoms with Gasteiger partial charge in [-0.3, -0.25) is 4.79 Å². The van der Waals surface area contributed by atoms with Crippen LogP contribution in [0.2, 0.25) is 0 Å². The van der Waals surface area contributed by atoms with E-state index in [2.05, 4.69) is 5.32 Å². The Morgan fingerprint density at radius 3 is 2.03 bits per heavy atom. The molecule has 10 heteroatoms. The van der Waals surface area contributed by atoms with Crippen molar-refractivity contribution < 1.29 is 32.2 Å². The highest BCUT2D eigenvalue weighted by Gasteiger charge is 2.22. The van der Waals surface area contributed by atoms with Gasteiger partial charge in [-0.15, -0.1) is 0 Å². The molecule has 2 rings (SSSR count). The number of nitrogens with one attached hydrogen (secondary N) is 1. The lowest BCUT2D eigenvalue weighted by Crippen LogP contribution is -2.30. The lowest BCUT2D eigenvalue weighted by molar-refractivity contribution is -0.116. The van der Waals surface area contributed by atoms with Gasteiger partial charge in [0.1, 0.15) is 0 Å². The number of nitrogens with zero attached hydrogens (tertiary/aromatic N) is 1. The molecule has 33 heavy (non-hydrogen) atoms. The predicted molar refractivity (Wildman–Crippen MR) is 124 cm³/mol. The molecule has 2 aromatic rings. The number of anilines is 1. The van der Waals surface area contributed by atoms with E-state index in [1.807, 2.05) is 0 Å². The summed E-state index contributed by atoms with van der Waals surface area (Å²) >= 11 is 0. The van der Waals surface area contributed by atoms with Gasteiger partial charge in [0, 0.05) is 31.6 Å². The second-order valence-electron chi connectivity index (χ2n) is 7.03. The zero-order valence-corrected chi connectivity index (χ0v) is 20.3. The summed E-state index contributed by atoms with van der Waals surface area (Å²) in [6.07, 6.45) is 0.509. The third-order valence-electron chi connectivity index (χ3n) is 5.11. The monoisotopic (exact) mass is 478 g/mol. The molecule has 180 valence electrons. The van der Waals surface area contributed by atoms with E-state index in [9.17, 15) is 18.0 Å². The molecule has 2 aromatic carbocycles. The first-order valence-electron chi connectivity index (χ1n) is 10.4. The Morgan fingerprint density at radius 1 is 0.939 bits per heavy atom. The van der Waals surface area contributed by atoms with E-state index in [0.29, 0.717) is 31.0 Å². The standard InChI is InChI=1S/C23H30N2O7S/c1-6-25(7-2)33(28,29)17-11-8-16(9-12-17)10-13-22(26)24-19-15-21(31-4)20(30-3)14-18(19)23(27)32-5/h8-9,11-12,14-15H,6-7,10,13H2,1-5H3,(H,24,26). The molecule has 1 amide bonds. The van der Waals surface area contributed by atoms with Crippen molar-refractivity contribution in [1.82, 2.24) is 4.31 Å². The number of carbonyl (C=O) groups excluding carboxylic acids is 2. The minimum atomic E-state index is -3.53. The lowest BCUT2D eigenvalue weighted by atomic mass is 10.1. The maximum atomic E-state index is 12.6. The number of hydrogen-bond donors (Lipinski definition) is 1. The fraction of sp³-hybridized carbons (Fsp3) is 0.391. The molecule has 9 nitrogen and oxygen atoms in total. The van der Waals surface area contributed by atoms with E-state index in [-0.39, 0.29) is 28.5 Å². The molecule has 0 fully saturated rings. The van der Waals surface area contributed by atoms with E-state index in [1.165, 1.54) is 37.8 Å². The number of benzene rings is 2. The summed E-state index contributed by atoms with van der Waals surface area (Å²) in [6, 6.07) is 9.42. The molecule has 1 N–H and O–H groups in total. The molecule has 0 aromatic heterocycles. The third-order valence-corrected chi connectivity index (χ3v) is 7.17. The van der Waals surface area contributed by atoms with Crippen LogP contribution in [0.1, 0.15) is 36.2 Å². The van der Waals surface area contributed by atoms with Crippen molar-refractivity contribution in [1.29, 1.82) is 0 Å². The molecule has 0 aliphatic carbocycles. The maximum Gasteiger partial charge on any atom is 0.340 e. The van der Waals surface area contributed by atoms with Crippen LogP contribution in [-0.4, -0.2) is 59.0 Å². The smallest absolute Gasteiger partial charge is 0.340 e. The van der Waals surface area contributed by atoms with Gasteiger partial charge in [0.2, 0.25) is 15.9 Å². The summed E-state index contributed by atoms with van der Waals surface area (Å²) in [5, 5.41) is 2.71. The Morgan fingerprint density at radius 2 is 1.52 bits per heavy atom. The van der Waals surface area contributed by atoms with Crippen molar-refractivity contribution >= 4 is 27.6 Å². The summed E-state index contributed by atoms with van der Waals surface area (Å²) in [5.41, 5.74) is 1.18. The number of aryl methyl sites for hydroxylation is 1. The number of esters is 1. The SMILES string of the molecule is CCN(CC)S(=O)(=O)c1ccc(CCC(=O)Nc2cc(OC)c(OC)cc2C(=O)OC)cc1. The van der Waals surface area contributed by atoms with Gasteiger partial charge in [0.25, 0.3) is 0 Å². The van der Waals surface area contributed by atoms with E-state index in [4.69, 9.17) is 14.2 Å². The Bertz CT molecular complexity index is 1080. The molecule has 0 aliphatic rings. The minimum Gasteiger partial charge on any atom is -0.493 e. The molecular weight excluding hydrogens is 448 g/mol. The van der Waals surface area contributed by atoms with Gasteiger partial charge < -0.3 is 19.5 Å². The van der Waals surface area contributed by atoms with Gasteiger partial charge in [0.15, 0.2) is 11.5 Å². The Hall–Kier alpha value is -3.11. The zero-order chi connectivity index (χ0) is 24.6. The molecular formula is C23H30N2O7S. The molecule has 0 unspecified atom stereocenters. The summed E-state index contributed by atoms with van der Waals surface area (Å²) < 4.78 is 41.8. The van der Waals surface area contributed by atoms with E-state index in [1.54, 1.807) is 38.1 Å². The van der Waals surface area contributed by atoms with Crippen molar-refractivity contribution in [2.75, 3.05) is 39.7 Å². The van der Waals surface area contributed by atoms with Crippen LogP contribution < -0.4 is 14.8 Å². The van der Waals surface area contributed by atoms with E-state index < -0.39 is 16.0 Å². The number of rotatable bonds is 11. The molecule has 0 saturated carbocycles. The second-order valence-corrected chi connectivity index (χ2v) is 8.96. The van der Waals surface area contributed by atoms with Gasteiger partial charge in [-0.05, 0) is 24.1 Å². The zero-order valence-electron chi connectivity index (χ0n) is 19.5. The lowest BCUT2D eigenvalue weighted by Gasteiger charge is -2.18. The molecule has 0 aliphatic heterocycles. The maximum absolute atomic E-state index is 12.6. The molecule has 0 spiro atoms. The predicted octanol–water partition coefficient (Wildman–Crippen LogP) is 3.09. The molecule has 0 radical (unpaired) electrons. The molecule has 0 atom stereocenters. The van der Waals surface area contributed by atoms with Crippen LogP contribution in [0.5, 0.6) is 11.5 Å². The number of methoxy groups -OCH3 is 3. The summed E-state index contributed by atoms with van der Waals surface area (Å²) in [7, 11) is 0.605. The van der Waals surface area contributed by atoms with Gasteiger partial charge in [-0.1, -0.05) is 26.0 Å². The van der Waals surface area contributed by atoms with Crippen LogP contribution in [0.3, 0.4) is 0 Å². The second kappa shape index (κ2) is 11.7. The van der Waals surface area contributed by atoms with Crippen LogP contribution in [0, 0.1) is 0 Å². The Labute approximate surface area is 194 Å². The van der Waals surface area contributed by atoms with Crippen molar-refractivity contribution in [2.24, 2.45) is 0 Å². The third kappa shape index (κ3) is 6.23. The molecule has 0 heterocycles. The topological polar surface area (TPSA) is 111 Å². The van der Waals surface area contributed by atoms with Crippen LogP contribution >= 0.6 is 0 Å². The number of carbonyl (C=O) groups is 2. The summed E-state index contributed by atoms with van der Waals surface area (Å²) in [4.78, 5) is 24.9. The van der Waals surface area contributed by atoms with Crippen LogP contribution in [0.15, 0.2) is 41.3 Å². The van der Waals surface area contributed by atoms with Crippen molar-refractivity contribution in [3.8, 4) is 11.5 Å². The van der Waals surface area contributed by atoms with Gasteiger partial charge in [-0.25, -0.2) is 13.2 Å².